The lowest BCUT2D eigenvalue weighted by Gasteiger charge is -2.27. The number of fused-ring (bicyclic) bond motifs is 1. The Bertz CT molecular complexity index is 1300. The number of thioether (sulfide) groups is 1. The molecular formula is C23H28N6O2S. The van der Waals surface area contributed by atoms with E-state index >= 15 is 0 Å². The van der Waals surface area contributed by atoms with Gasteiger partial charge in [0.2, 0.25) is 5.91 Å². The van der Waals surface area contributed by atoms with Gasteiger partial charge in [-0.2, -0.15) is 0 Å². The Labute approximate surface area is 191 Å². The number of carbonyl (C=O) groups excluding carboxylic acids is 1. The average Bonchev–Trinajstić information content (AvgIpc) is 3.02. The average molecular weight is 453 g/mol. The van der Waals surface area contributed by atoms with Crippen LogP contribution in [0.25, 0.3) is 16.9 Å². The van der Waals surface area contributed by atoms with E-state index in [0.29, 0.717) is 53.8 Å². The number of aryl methyl sites for hydroxylation is 2. The molecule has 4 rings (SSSR count). The Balaban J connectivity index is 1.92. The predicted octanol–water partition coefficient (Wildman–Crippen LogP) is 2.89. The highest BCUT2D eigenvalue weighted by Crippen LogP contribution is 2.32. The van der Waals surface area contributed by atoms with Crippen molar-refractivity contribution in [3.63, 3.8) is 0 Å². The normalized spacial score (nSPS) is 14.3. The van der Waals surface area contributed by atoms with Gasteiger partial charge in [0, 0.05) is 30.6 Å². The highest BCUT2D eigenvalue weighted by atomic mass is 32.2. The maximum Gasteiger partial charge on any atom is 0.334 e. The number of imidazole rings is 1. The van der Waals surface area contributed by atoms with Crippen molar-refractivity contribution in [2.45, 2.75) is 38.0 Å². The molecule has 1 amide bonds. The molecule has 1 aromatic carbocycles. The van der Waals surface area contributed by atoms with Crippen LogP contribution in [0, 0.1) is 6.92 Å². The lowest BCUT2D eigenvalue weighted by molar-refractivity contribution is -0.114. The largest absolute Gasteiger partial charge is 0.366 e. The van der Waals surface area contributed by atoms with Crippen molar-refractivity contribution < 1.29 is 4.79 Å². The maximum absolute atomic E-state index is 13.4. The number of nitrogens with zero attached hydrogens (tertiary/aromatic N) is 5. The Morgan fingerprint density at radius 1 is 1.25 bits per heavy atom. The molecule has 0 fully saturated rings. The van der Waals surface area contributed by atoms with E-state index in [1.807, 2.05) is 25.3 Å². The number of hydrogen-bond donors (Lipinski definition) is 1. The first-order valence-electron chi connectivity index (χ1n) is 10.6. The monoisotopic (exact) mass is 452 g/mol. The highest BCUT2D eigenvalue weighted by molar-refractivity contribution is 7.98. The fourth-order valence-electron chi connectivity index (χ4n) is 4.09. The van der Waals surface area contributed by atoms with E-state index in [-0.39, 0.29) is 11.6 Å². The lowest BCUT2D eigenvalue weighted by Crippen LogP contribution is -2.33. The Hall–Kier alpha value is -3.07. The van der Waals surface area contributed by atoms with Gasteiger partial charge in [0.1, 0.15) is 11.3 Å². The molecule has 1 aliphatic heterocycles. The van der Waals surface area contributed by atoms with E-state index in [0.717, 1.165) is 10.6 Å². The summed E-state index contributed by atoms with van der Waals surface area (Å²) in [7, 11) is 1.75. The molecule has 0 saturated heterocycles. The van der Waals surface area contributed by atoms with Crippen molar-refractivity contribution >= 4 is 34.7 Å². The number of carbonyl (C=O) groups is 1. The molecule has 0 unspecified atom stereocenters. The van der Waals surface area contributed by atoms with Crippen molar-refractivity contribution in [3.05, 3.63) is 51.7 Å². The van der Waals surface area contributed by atoms with E-state index in [1.54, 1.807) is 27.9 Å². The van der Waals surface area contributed by atoms with Crippen molar-refractivity contribution in [1.82, 2.24) is 19.1 Å². The summed E-state index contributed by atoms with van der Waals surface area (Å²) in [5.41, 5.74) is 9.19. The molecule has 0 saturated carbocycles. The van der Waals surface area contributed by atoms with Crippen LogP contribution in [0.4, 0.5) is 5.82 Å². The van der Waals surface area contributed by atoms with E-state index in [1.165, 1.54) is 5.56 Å². The molecule has 0 aliphatic carbocycles. The van der Waals surface area contributed by atoms with E-state index in [2.05, 4.69) is 40.8 Å². The second-order valence-corrected chi connectivity index (χ2v) is 9.17. The standard InChI is InChI=1S/C23H28N6O2S/c1-13(2)16-6-7-17(18(12-16)32-5)29-22-19(27(4)23(29)31)21(25-14(3)26-22)28-10-8-15(9-11-28)20(24)30/h6-8,12-13H,9-11H2,1-5H3,(H2,24,30). The first-order chi connectivity index (χ1) is 15.2. The summed E-state index contributed by atoms with van der Waals surface area (Å²) in [4.78, 5) is 37.4. The molecule has 0 atom stereocenters. The van der Waals surface area contributed by atoms with Gasteiger partial charge in [0.25, 0.3) is 0 Å². The minimum Gasteiger partial charge on any atom is -0.366 e. The van der Waals surface area contributed by atoms with Gasteiger partial charge < -0.3 is 10.6 Å². The zero-order valence-corrected chi connectivity index (χ0v) is 19.9. The van der Waals surface area contributed by atoms with Crippen LogP contribution in [0.5, 0.6) is 0 Å². The molecule has 2 aromatic heterocycles. The van der Waals surface area contributed by atoms with Crippen molar-refractivity contribution in [1.29, 1.82) is 0 Å². The van der Waals surface area contributed by atoms with E-state index < -0.39 is 0 Å². The van der Waals surface area contributed by atoms with Crippen LogP contribution in [0.3, 0.4) is 0 Å². The van der Waals surface area contributed by atoms with Gasteiger partial charge in [-0.15, -0.1) is 11.8 Å². The van der Waals surface area contributed by atoms with Gasteiger partial charge >= 0.3 is 5.69 Å². The van der Waals surface area contributed by atoms with Crippen molar-refractivity contribution in [2.75, 3.05) is 24.2 Å². The van der Waals surface area contributed by atoms with Crippen LogP contribution in [-0.4, -0.2) is 44.4 Å². The van der Waals surface area contributed by atoms with Gasteiger partial charge in [0.05, 0.1) is 5.69 Å². The molecule has 3 aromatic rings. The second kappa shape index (κ2) is 8.46. The van der Waals surface area contributed by atoms with Gasteiger partial charge in [-0.25, -0.2) is 19.3 Å². The molecule has 9 heteroatoms. The first kappa shape index (κ1) is 22.1. The van der Waals surface area contributed by atoms with Crippen LogP contribution < -0.4 is 16.3 Å². The van der Waals surface area contributed by atoms with Gasteiger partial charge in [-0.3, -0.25) is 9.36 Å². The number of rotatable bonds is 5. The van der Waals surface area contributed by atoms with Crippen LogP contribution >= 0.6 is 11.8 Å². The quantitative estimate of drug-likeness (QED) is 0.598. The minimum absolute atomic E-state index is 0.167. The number of benzene rings is 1. The third-order valence-electron chi connectivity index (χ3n) is 5.92. The zero-order valence-electron chi connectivity index (χ0n) is 19.0. The topological polar surface area (TPSA) is 99.0 Å². The number of nitrogens with two attached hydrogens (primary N) is 1. The summed E-state index contributed by atoms with van der Waals surface area (Å²) in [5.74, 6) is 1.28. The van der Waals surface area contributed by atoms with Gasteiger partial charge in [-0.1, -0.05) is 26.0 Å². The second-order valence-electron chi connectivity index (χ2n) is 8.32. The summed E-state index contributed by atoms with van der Waals surface area (Å²) in [6.45, 7) is 7.24. The molecule has 32 heavy (non-hydrogen) atoms. The number of anilines is 1. The molecule has 0 spiro atoms. The van der Waals surface area contributed by atoms with Crippen LogP contribution in [0.15, 0.2) is 39.5 Å². The fraction of sp³-hybridized carbons (Fsp3) is 0.391. The maximum atomic E-state index is 13.4. The molecule has 1 aliphatic rings. The molecule has 3 heterocycles. The van der Waals surface area contributed by atoms with Crippen LogP contribution in [0.1, 0.15) is 37.6 Å². The summed E-state index contributed by atoms with van der Waals surface area (Å²) in [5, 5.41) is 0. The Morgan fingerprint density at radius 2 is 2.00 bits per heavy atom. The number of hydrogen-bond acceptors (Lipinski definition) is 6. The summed E-state index contributed by atoms with van der Waals surface area (Å²) < 4.78 is 3.29. The Morgan fingerprint density at radius 3 is 2.59 bits per heavy atom. The van der Waals surface area contributed by atoms with E-state index in [9.17, 15) is 9.59 Å². The molecular weight excluding hydrogens is 424 g/mol. The third-order valence-corrected chi connectivity index (χ3v) is 6.69. The van der Waals surface area contributed by atoms with Crippen molar-refractivity contribution in [3.8, 4) is 5.69 Å². The van der Waals surface area contributed by atoms with E-state index in [4.69, 9.17) is 5.73 Å². The lowest BCUT2D eigenvalue weighted by atomic mass is 10.0. The zero-order chi connectivity index (χ0) is 23.2. The van der Waals surface area contributed by atoms with Crippen LogP contribution in [0.2, 0.25) is 0 Å². The summed E-state index contributed by atoms with van der Waals surface area (Å²) >= 11 is 1.61. The SMILES string of the molecule is CSc1cc(C(C)C)ccc1-n1c(=O)n(C)c2c(N3CC=C(C(N)=O)CC3)nc(C)nc21. The van der Waals surface area contributed by atoms with Gasteiger partial charge in [0.15, 0.2) is 11.5 Å². The minimum atomic E-state index is -0.387. The summed E-state index contributed by atoms with van der Waals surface area (Å²) in [6.07, 6.45) is 4.39. The number of amides is 1. The van der Waals surface area contributed by atoms with Crippen molar-refractivity contribution in [2.24, 2.45) is 12.8 Å². The first-order valence-corrected chi connectivity index (χ1v) is 11.8. The van der Waals surface area contributed by atoms with Gasteiger partial charge in [-0.05, 0) is 43.2 Å². The number of aromatic nitrogens is 4. The molecule has 2 N–H and O–H groups in total. The molecule has 168 valence electrons. The predicted molar refractivity (Wildman–Crippen MR) is 129 cm³/mol. The highest BCUT2D eigenvalue weighted by Gasteiger charge is 2.25. The molecule has 0 bridgehead atoms. The molecule has 8 nitrogen and oxygen atoms in total. The Kier molecular flexibility index (Phi) is 5.85. The number of primary amides is 1. The smallest absolute Gasteiger partial charge is 0.334 e. The summed E-state index contributed by atoms with van der Waals surface area (Å²) in [6, 6.07) is 6.22. The fourth-order valence-corrected chi connectivity index (χ4v) is 4.71. The van der Waals surface area contributed by atoms with Crippen LogP contribution in [-0.2, 0) is 11.8 Å². The molecule has 0 radical (unpaired) electrons. The third kappa shape index (κ3) is 3.70.